The van der Waals surface area contributed by atoms with Crippen molar-refractivity contribution in [2.24, 2.45) is 40.4 Å². The largest absolute Gasteiger partial charge is 0.481 e. The van der Waals surface area contributed by atoms with E-state index in [4.69, 9.17) is 0 Å². The summed E-state index contributed by atoms with van der Waals surface area (Å²) in [5.74, 6) is 2.15. The van der Waals surface area contributed by atoms with E-state index in [2.05, 4.69) is 38.2 Å². The normalized spacial score (nSPS) is 52.7. The first-order valence-electron chi connectivity index (χ1n) is 9.05. The second kappa shape index (κ2) is 4.72. The molecule has 3 saturated carbocycles. The number of rotatable bonds is 1. The van der Waals surface area contributed by atoms with Gasteiger partial charge in [-0.25, -0.2) is 0 Å². The number of carboxylic acid groups (broad SMARTS) is 1. The summed E-state index contributed by atoms with van der Waals surface area (Å²) >= 11 is 0. The van der Waals surface area contributed by atoms with Gasteiger partial charge in [-0.3, -0.25) is 4.79 Å². The summed E-state index contributed by atoms with van der Waals surface area (Å²) in [6.07, 6.45) is 16.3. The molecule has 0 amide bonds. The summed E-state index contributed by atoms with van der Waals surface area (Å²) in [6, 6.07) is 0. The molecule has 0 aromatic heterocycles. The van der Waals surface area contributed by atoms with Crippen molar-refractivity contribution in [3.63, 3.8) is 0 Å². The number of hydrogen-bond acceptors (Lipinski definition) is 1. The van der Waals surface area contributed by atoms with Crippen molar-refractivity contribution in [1.29, 1.82) is 0 Å². The lowest BCUT2D eigenvalue weighted by atomic mass is 9.46. The quantitative estimate of drug-likeness (QED) is 0.764. The van der Waals surface area contributed by atoms with Gasteiger partial charge in [0.25, 0.3) is 0 Å². The van der Waals surface area contributed by atoms with Crippen LogP contribution in [0.15, 0.2) is 24.3 Å². The number of allylic oxidation sites excluding steroid dienone is 4. The smallest absolute Gasteiger partial charge is 0.307 e. The van der Waals surface area contributed by atoms with Crippen LogP contribution in [0.5, 0.6) is 0 Å². The first kappa shape index (κ1) is 14.5. The van der Waals surface area contributed by atoms with Gasteiger partial charge in [-0.15, -0.1) is 0 Å². The topological polar surface area (TPSA) is 37.3 Å². The molecule has 2 nitrogen and oxygen atoms in total. The molecule has 22 heavy (non-hydrogen) atoms. The molecule has 2 unspecified atom stereocenters. The van der Waals surface area contributed by atoms with Gasteiger partial charge in [0.05, 0.1) is 5.92 Å². The lowest BCUT2D eigenvalue weighted by Gasteiger charge is -2.58. The fraction of sp³-hybridized carbons (Fsp3) is 0.750. The summed E-state index contributed by atoms with van der Waals surface area (Å²) in [5.41, 5.74) is 0.352. The number of carboxylic acids is 1. The summed E-state index contributed by atoms with van der Waals surface area (Å²) < 4.78 is 0. The summed E-state index contributed by atoms with van der Waals surface area (Å²) in [4.78, 5) is 11.7. The van der Waals surface area contributed by atoms with E-state index in [1.807, 2.05) is 0 Å². The molecule has 0 radical (unpaired) electrons. The molecule has 120 valence electrons. The van der Waals surface area contributed by atoms with Crippen LogP contribution in [0.2, 0.25) is 0 Å². The highest BCUT2D eigenvalue weighted by atomic mass is 16.4. The minimum Gasteiger partial charge on any atom is -0.481 e. The van der Waals surface area contributed by atoms with Gasteiger partial charge in [-0.05, 0) is 73.0 Å². The molecule has 0 heterocycles. The highest BCUT2D eigenvalue weighted by Crippen LogP contribution is 2.66. The van der Waals surface area contributed by atoms with Crippen LogP contribution in [0, 0.1) is 40.4 Å². The van der Waals surface area contributed by atoms with Crippen LogP contribution in [-0.2, 0) is 4.79 Å². The zero-order valence-electron chi connectivity index (χ0n) is 13.8. The third-order valence-corrected chi connectivity index (χ3v) is 8.05. The van der Waals surface area contributed by atoms with Gasteiger partial charge in [0.15, 0.2) is 0 Å². The van der Waals surface area contributed by atoms with Gasteiger partial charge in [0.1, 0.15) is 0 Å². The molecule has 0 spiro atoms. The van der Waals surface area contributed by atoms with Gasteiger partial charge >= 0.3 is 5.97 Å². The van der Waals surface area contributed by atoms with Gasteiger partial charge in [0, 0.05) is 0 Å². The van der Waals surface area contributed by atoms with Crippen molar-refractivity contribution in [1.82, 2.24) is 0 Å². The lowest BCUT2D eigenvalue weighted by Crippen LogP contribution is -2.51. The Kier molecular flexibility index (Phi) is 3.12. The molecule has 0 aromatic rings. The number of carbonyl (C=O) groups is 1. The fourth-order valence-corrected chi connectivity index (χ4v) is 6.84. The maximum Gasteiger partial charge on any atom is 0.307 e. The van der Waals surface area contributed by atoms with Crippen molar-refractivity contribution in [2.45, 2.75) is 52.4 Å². The molecule has 4 aliphatic rings. The van der Waals surface area contributed by atoms with E-state index >= 15 is 0 Å². The Morgan fingerprint density at radius 2 is 1.86 bits per heavy atom. The van der Waals surface area contributed by atoms with Gasteiger partial charge in [0.2, 0.25) is 0 Å². The molecule has 0 aliphatic heterocycles. The third-order valence-electron chi connectivity index (χ3n) is 8.05. The molecule has 4 rings (SSSR count). The summed E-state index contributed by atoms with van der Waals surface area (Å²) in [7, 11) is 0. The standard InChI is InChI=1S/C20H28O2/c1-19-11-4-3-5-13(19)6-7-14-15-8-9-17(18(21)22)20(15,2)12-10-16(14)19/h3-5,11,13-17H,6-10,12H2,1-2H3,(H,21,22)/t13?,14-,15-,16-,17?,19-,20-/m0/s1. The molecular weight excluding hydrogens is 272 g/mol. The second-order valence-corrected chi connectivity index (χ2v) is 8.68. The van der Waals surface area contributed by atoms with Crippen molar-refractivity contribution in [3.05, 3.63) is 24.3 Å². The average Bonchev–Trinajstić information content (AvgIpc) is 2.84. The Morgan fingerprint density at radius 3 is 2.64 bits per heavy atom. The highest BCUT2D eigenvalue weighted by molar-refractivity contribution is 5.71. The van der Waals surface area contributed by atoms with Crippen LogP contribution < -0.4 is 0 Å². The summed E-state index contributed by atoms with van der Waals surface area (Å²) in [5, 5.41) is 9.63. The number of aliphatic carboxylic acids is 1. The van der Waals surface area contributed by atoms with E-state index in [9.17, 15) is 9.90 Å². The van der Waals surface area contributed by atoms with Crippen LogP contribution in [0.3, 0.4) is 0 Å². The van der Waals surface area contributed by atoms with Crippen LogP contribution in [0.25, 0.3) is 0 Å². The van der Waals surface area contributed by atoms with E-state index in [1.165, 1.54) is 19.3 Å². The van der Waals surface area contributed by atoms with Crippen molar-refractivity contribution in [2.75, 3.05) is 0 Å². The molecule has 4 aliphatic carbocycles. The number of fused-ring (bicyclic) bond motifs is 5. The van der Waals surface area contributed by atoms with Crippen LogP contribution in [0.1, 0.15) is 52.4 Å². The van der Waals surface area contributed by atoms with E-state index < -0.39 is 5.97 Å². The second-order valence-electron chi connectivity index (χ2n) is 8.68. The van der Waals surface area contributed by atoms with Crippen LogP contribution in [-0.4, -0.2) is 11.1 Å². The van der Waals surface area contributed by atoms with Gasteiger partial charge < -0.3 is 5.11 Å². The van der Waals surface area contributed by atoms with E-state index in [0.29, 0.717) is 17.3 Å². The SMILES string of the molecule is C[C@]12C=CC=CC1CC[C@@H]1[C@@H]2CC[C@]2(C)C(C(=O)O)CC[C@@H]12. The third kappa shape index (κ3) is 1.76. The average molecular weight is 300 g/mol. The molecular formula is C20H28O2. The molecule has 2 heteroatoms. The van der Waals surface area contributed by atoms with E-state index in [1.54, 1.807) is 0 Å². The highest BCUT2D eigenvalue weighted by Gasteiger charge is 2.60. The van der Waals surface area contributed by atoms with Crippen LogP contribution >= 0.6 is 0 Å². The van der Waals surface area contributed by atoms with Crippen molar-refractivity contribution in [3.8, 4) is 0 Å². The van der Waals surface area contributed by atoms with E-state index in [-0.39, 0.29) is 11.3 Å². The summed E-state index contributed by atoms with van der Waals surface area (Å²) in [6.45, 7) is 4.74. The maximum absolute atomic E-state index is 11.7. The van der Waals surface area contributed by atoms with Gasteiger partial charge in [-0.2, -0.15) is 0 Å². The molecule has 0 aromatic carbocycles. The predicted molar refractivity (Wildman–Crippen MR) is 87.3 cm³/mol. The Balaban J connectivity index is 1.67. The first-order valence-corrected chi connectivity index (χ1v) is 9.05. The van der Waals surface area contributed by atoms with Crippen molar-refractivity contribution >= 4 is 5.97 Å². The molecule has 0 saturated heterocycles. The predicted octanol–water partition coefficient (Wildman–Crippen LogP) is 4.67. The minimum atomic E-state index is -0.552. The first-order chi connectivity index (χ1) is 10.5. The van der Waals surface area contributed by atoms with Crippen molar-refractivity contribution < 1.29 is 9.90 Å². The number of hydrogen-bond donors (Lipinski definition) is 1. The van der Waals surface area contributed by atoms with Crippen LogP contribution in [0.4, 0.5) is 0 Å². The minimum absolute atomic E-state index is 0.0460. The Bertz CT molecular complexity index is 548. The lowest BCUT2D eigenvalue weighted by molar-refractivity contribution is -0.149. The Labute approximate surface area is 133 Å². The molecule has 7 atom stereocenters. The molecule has 0 bridgehead atoms. The zero-order chi connectivity index (χ0) is 15.5. The Hall–Kier alpha value is -1.05. The Morgan fingerprint density at radius 1 is 1.05 bits per heavy atom. The fourth-order valence-electron chi connectivity index (χ4n) is 6.84. The maximum atomic E-state index is 11.7. The zero-order valence-corrected chi connectivity index (χ0v) is 13.8. The molecule has 3 fully saturated rings. The molecule has 1 N–H and O–H groups in total. The monoisotopic (exact) mass is 300 g/mol. The van der Waals surface area contributed by atoms with E-state index in [0.717, 1.165) is 31.1 Å². The van der Waals surface area contributed by atoms with Gasteiger partial charge in [-0.1, -0.05) is 38.2 Å².